The summed E-state index contributed by atoms with van der Waals surface area (Å²) in [5, 5.41) is 2.69. The number of hydrogen-bond donors (Lipinski definition) is 1. The number of nitrogens with one attached hydrogen (secondary N) is 1. The minimum Gasteiger partial charge on any atom is -0.355 e. The molecule has 0 spiro atoms. The SMILES string of the molecule is CN1CCN(S(=O)(=O)CCNC(=O)C2CC2)CC1. The van der Waals surface area contributed by atoms with Crippen molar-refractivity contribution in [3.05, 3.63) is 0 Å². The van der Waals surface area contributed by atoms with E-state index in [-0.39, 0.29) is 24.1 Å². The molecule has 18 heavy (non-hydrogen) atoms. The molecule has 6 nitrogen and oxygen atoms in total. The van der Waals surface area contributed by atoms with Crippen LogP contribution >= 0.6 is 0 Å². The summed E-state index contributed by atoms with van der Waals surface area (Å²) in [5.74, 6) is 0.148. The molecule has 1 aliphatic carbocycles. The van der Waals surface area contributed by atoms with Gasteiger partial charge < -0.3 is 10.2 Å². The van der Waals surface area contributed by atoms with Crippen molar-refractivity contribution in [3.8, 4) is 0 Å². The van der Waals surface area contributed by atoms with Crippen LogP contribution in [0.25, 0.3) is 0 Å². The van der Waals surface area contributed by atoms with E-state index in [4.69, 9.17) is 0 Å². The molecule has 1 aliphatic heterocycles. The van der Waals surface area contributed by atoms with E-state index in [2.05, 4.69) is 10.2 Å². The predicted molar refractivity (Wildman–Crippen MR) is 68.6 cm³/mol. The van der Waals surface area contributed by atoms with Crippen molar-refractivity contribution in [2.45, 2.75) is 12.8 Å². The van der Waals surface area contributed by atoms with Crippen molar-refractivity contribution in [1.29, 1.82) is 0 Å². The van der Waals surface area contributed by atoms with Crippen molar-refractivity contribution in [3.63, 3.8) is 0 Å². The number of piperazine rings is 1. The van der Waals surface area contributed by atoms with Crippen molar-refractivity contribution >= 4 is 15.9 Å². The Morgan fingerprint density at radius 3 is 2.39 bits per heavy atom. The second-order valence-corrected chi connectivity index (χ2v) is 7.17. The van der Waals surface area contributed by atoms with Crippen LogP contribution in [0.3, 0.4) is 0 Å². The van der Waals surface area contributed by atoms with Crippen LogP contribution in [-0.4, -0.2) is 69.1 Å². The molecule has 2 fully saturated rings. The van der Waals surface area contributed by atoms with Crippen molar-refractivity contribution in [1.82, 2.24) is 14.5 Å². The maximum absolute atomic E-state index is 12.0. The van der Waals surface area contributed by atoms with Crippen LogP contribution in [0.4, 0.5) is 0 Å². The Morgan fingerprint density at radius 1 is 1.22 bits per heavy atom. The van der Waals surface area contributed by atoms with E-state index < -0.39 is 10.0 Å². The van der Waals surface area contributed by atoms with Crippen LogP contribution in [0.15, 0.2) is 0 Å². The molecule has 0 radical (unpaired) electrons. The fourth-order valence-electron chi connectivity index (χ4n) is 1.99. The topological polar surface area (TPSA) is 69.7 Å². The first-order chi connectivity index (χ1) is 8.49. The molecule has 0 atom stereocenters. The zero-order valence-corrected chi connectivity index (χ0v) is 11.6. The van der Waals surface area contributed by atoms with E-state index in [1.54, 1.807) is 0 Å². The number of likely N-dealkylation sites (N-methyl/N-ethyl adjacent to an activating group) is 1. The Bertz CT molecular complexity index is 398. The smallest absolute Gasteiger partial charge is 0.223 e. The number of hydrogen-bond acceptors (Lipinski definition) is 4. The summed E-state index contributed by atoms with van der Waals surface area (Å²) in [6.07, 6.45) is 1.88. The number of rotatable bonds is 5. The maximum Gasteiger partial charge on any atom is 0.223 e. The monoisotopic (exact) mass is 275 g/mol. The molecule has 0 bridgehead atoms. The largest absolute Gasteiger partial charge is 0.355 e. The van der Waals surface area contributed by atoms with Gasteiger partial charge in [-0.3, -0.25) is 4.79 Å². The van der Waals surface area contributed by atoms with Crippen molar-refractivity contribution in [2.24, 2.45) is 5.92 Å². The lowest BCUT2D eigenvalue weighted by molar-refractivity contribution is -0.122. The van der Waals surface area contributed by atoms with Gasteiger partial charge in [-0.25, -0.2) is 8.42 Å². The Morgan fingerprint density at radius 2 is 1.83 bits per heavy atom. The van der Waals surface area contributed by atoms with Gasteiger partial charge in [0.05, 0.1) is 5.75 Å². The number of sulfonamides is 1. The van der Waals surface area contributed by atoms with Crippen LogP contribution < -0.4 is 5.32 Å². The maximum atomic E-state index is 12.0. The standard InChI is InChI=1S/C11H21N3O3S/c1-13-5-7-14(8-6-13)18(16,17)9-4-12-11(15)10-2-3-10/h10H,2-9H2,1H3,(H,12,15). The Hall–Kier alpha value is -0.660. The normalized spacial score (nSPS) is 22.9. The van der Waals surface area contributed by atoms with Crippen LogP contribution in [0.5, 0.6) is 0 Å². The van der Waals surface area contributed by atoms with E-state index in [1.165, 1.54) is 4.31 Å². The summed E-state index contributed by atoms with van der Waals surface area (Å²) in [4.78, 5) is 13.5. The van der Waals surface area contributed by atoms with E-state index in [0.29, 0.717) is 13.1 Å². The van der Waals surface area contributed by atoms with E-state index in [0.717, 1.165) is 25.9 Å². The van der Waals surface area contributed by atoms with Gasteiger partial charge in [-0.2, -0.15) is 4.31 Å². The fraction of sp³-hybridized carbons (Fsp3) is 0.909. The van der Waals surface area contributed by atoms with Gasteiger partial charge in [0.25, 0.3) is 0 Å². The third-order valence-corrected chi connectivity index (χ3v) is 5.33. The molecule has 1 amide bonds. The molecule has 1 saturated carbocycles. The number of carbonyl (C=O) groups excluding carboxylic acids is 1. The molecule has 104 valence electrons. The zero-order chi connectivity index (χ0) is 13.2. The summed E-state index contributed by atoms with van der Waals surface area (Å²) < 4.78 is 25.6. The summed E-state index contributed by atoms with van der Waals surface area (Å²) in [6, 6.07) is 0. The highest BCUT2D eigenvalue weighted by Gasteiger charge is 2.30. The van der Waals surface area contributed by atoms with Crippen molar-refractivity contribution in [2.75, 3.05) is 45.5 Å². The average molecular weight is 275 g/mol. The summed E-state index contributed by atoms with van der Waals surface area (Å²) in [5.41, 5.74) is 0. The molecule has 1 saturated heterocycles. The van der Waals surface area contributed by atoms with Crippen molar-refractivity contribution < 1.29 is 13.2 Å². The first-order valence-corrected chi connectivity index (χ1v) is 8.04. The van der Waals surface area contributed by atoms with Crippen LogP contribution in [0.2, 0.25) is 0 Å². The first-order valence-electron chi connectivity index (χ1n) is 6.43. The second kappa shape index (κ2) is 5.54. The van der Waals surface area contributed by atoms with Crippen LogP contribution in [-0.2, 0) is 14.8 Å². The Balaban J connectivity index is 1.74. The molecule has 1 heterocycles. The Kier molecular flexibility index (Phi) is 4.24. The van der Waals surface area contributed by atoms with Gasteiger partial charge in [0.1, 0.15) is 0 Å². The molecule has 2 rings (SSSR count). The highest BCUT2D eigenvalue weighted by Crippen LogP contribution is 2.28. The molecule has 0 unspecified atom stereocenters. The summed E-state index contributed by atoms with van der Waals surface area (Å²) in [6.45, 7) is 2.87. The van der Waals surface area contributed by atoms with Gasteiger partial charge in [0.2, 0.25) is 15.9 Å². The van der Waals surface area contributed by atoms with E-state index >= 15 is 0 Å². The highest BCUT2D eigenvalue weighted by molar-refractivity contribution is 7.89. The zero-order valence-electron chi connectivity index (χ0n) is 10.8. The third-order valence-electron chi connectivity index (χ3n) is 3.46. The molecule has 0 aromatic rings. The lowest BCUT2D eigenvalue weighted by atomic mass is 10.4. The minimum absolute atomic E-state index is 0.00331. The van der Waals surface area contributed by atoms with E-state index in [1.807, 2.05) is 7.05 Å². The lowest BCUT2D eigenvalue weighted by Crippen LogP contribution is -2.48. The number of carbonyl (C=O) groups is 1. The van der Waals surface area contributed by atoms with Gasteiger partial charge in [-0.15, -0.1) is 0 Å². The highest BCUT2D eigenvalue weighted by atomic mass is 32.2. The average Bonchev–Trinajstić information content (AvgIpc) is 3.13. The number of nitrogens with zero attached hydrogens (tertiary/aromatic N) is 2. The van der Waals surface area contributed by atoms with Crippen LogP contribution in [0.1, 0.15) is 12.8 Å². The fourth-order valence-corrected chi connectivity index (χ4v) is 3.33. The summed E-state index contributed by atoms with van der Waals surface area (Å²) in [7, 11) is -1.23. The third kappa shape index (κ3) is 3.66. The molecule has 0 aromatic carbocycles. The van der Waals surface area contributed by atoms with Gasteiger partial charge >= 0.3 is 0 Å². The number of amides is 1. The minimum atomic E-state index is -3.22. The van der Waals surface area contributed by atoms with Crippen LogP contribution in [0, 0.1) is 5.92 Å². The lowest BCUT2D eigenvalue weighted by Gasteiger charge is -2.31. The predicted octanol–water partition coefficient (Wildman–Crippen LogP) is -0.910. The van der Waals surface area contributed by atoms with Gasteiger partial charge in [-0.05, 0) is 19.9 Å². The van der Waals surface area contributed by atoms with E-state index in [9.17, 15) is 13.2 Å². The summed E-state index contributed by atoms with van der Waals surface area (Å²) >= 11 is 0. The molecule has 7 heteroatoms. The van der Waals surface area contributed by atoms with Gasteiger partial charge in [-0.1, -0.05) is 0 Å². The quantitative estimate of drug-likeness (QED) is 0.705. The molecule has 1 N–H and O–H groups in total. The molecule has 0 aromatic heterocycles. The first kappa shape index (κ1) is 13.8. The molecule has 2 aliphatic rings. The Labute approximate surface area is 108 Å². The van der Waals surface area contributed by atoms with Gasteiger partial charge in [0, 0.05) is 38.6 Å². The second-order valence-electron chi connectivity index (χ2n) is 5.08. The van der Waals surface area contributed by atoms with Gasteiger partial charge in [0.15, 0.2) is 0 Å². The molecular weight excluding hydrogens is 254 g/mol. The molecular formula is C11H21N3O3S.